The minimum atomic E-state index is -4.09. The number of carbonyl (C=O) groups is 2. The van der Waals surface area contributed by atoms with E-state index in [1.54, 1.807) is 35.2 Å². The number of nitro groups is 1. The number of amides is 1. The maximum atomic E-state index is 13.9. The van der Waals surface area contributed by atoms with Crippen LogP contribution in [-0.2, 0) is 24.9 Å². The van der Waals surface area contributed by atoms with Crippen molar-refractivity contribution in [2.75, 3.05) is 25.2 Å². The molecule has 0 aromatic heterocycles. The first kappa shape index (κ1) is 27.6. The van der Waals surface area contributed by atoms with Crippen molar-refractivity contribution in [1.82, 2.24) is 4.31 Å². The SMILES string of the molecule is COC(=O)N1c2ccccc2[C@@]23CCN(S(=O)(=O)c4ccc([N+](=O)[O-])cc4)[C@@H](C=C2COC(=O)c2ccccc2)C[C@@H]13. The van der Waals surface area contributed by atoms with Gasteiger partial charge in [0.25, 0.3) is 5.69 Å². The van der Waals surface area contributed by atoms with Crippen molar-refractivity contribution in [2.24, 2.45) is 0 Å². The lowest BCUT2D eigenvalue weighted by molar-refractivity contribution is -0.384. The quantitative estimate of drug-likeness (QED) is 0.178. The average molecular weight is 590 g/mol. The monoisotopic (exact) mass is 589 g/mol. The van der Waals surface area contributed by atoms with Gasteiger partial charge in [0.15, 0.2) is 0 Å². The first-order chi connectivity index (χ1) is 20.2. The van der Waals surface area contributed by atoms with E-state index in [-0.39, 0.29) is 30.2 Å². The number of nitrogens with zero attached hydrogens (tertiary/aromatic N) is 3. The fourth-order valence-corrected chi connectivity index (χ4v) is 8.18. The van der Waals surface area contributed by atoms with Gasteiger partial charge >= 0.3 is 12.1 Å². The number of esters is 1. The highest BCUT2D eigenvalue weighted by Gasteiger charge is 2.60. The average Bonchev–Trinajstić information content (AvgIpc) is 3.09. The van der Waals surface area contributed by atoms with Crippen molar-refractivity contribution in [1.29, 1.82) is 0 Å². The molecule has 1 saturated heterocycles. The fourth-order valence-electron chi connectivity index (χ4n) is 6.59. The first-order valence-corrected chi connectivity index (χ1v) is 14.8. The second-order valence-corrected chi connectivity index (χ2v) is 12.3. The summed E-state index contributed by atoms with van der Waals surface area (Å²) in [6.45, 7) is 0.00591. The zero-order valence-electron chi connectivity index (χ0n) is 22.6. The van der Waals surface area contributed by atoms with E-state index in [2.05, 4.69) is 0 Å². The topological polar surface area (TPSA) is 136 Å². The third-order valence-corrected chi connectivity index (χ3v) is 10.4. The lowest BCUT2D eigenvalue weighted by Gasteiger charge is -2.42. The van der Waals surface area contributed by atoms with Crippen LogP contribution in [0.2, 0.25) is 0 Å². The number of anilines is 1. The van der Waals surface area contributed by atoms with Crippen molar-refractivity contribution >= 4 is 33.5 Å². The summed E-state index contributed by atoms with van der Waals surface area (Å²) >= 11 is 0. The molecule has 12 heteroatoms. The van der Waals surface area contributed by atoms with Gasteiger partial charge in [-0.05, 0) is 54.3 Å². The molecule has 0 N–H and O–H groups in total. The number of para-hydroxylation sites is 1. The number of rotatable bonds is 6. The second kappa shape index (κ2) is 10.4. The molecule has 0 saturated carbocycles. The van der Waals surface area contributed by atoms with E-state index in [1.807, 2.05) is 30.3 Å². The molecule has 4 aliphatic rings. The minimum absolute atomic E-state index is 0.0724. The number of ether oxygens (including phenoxy) is 2. The Labute approximate surface area is 242 Å². The number of fused-ring (bicyclic) bond motifs is 3. The van der Waals surface area contributed by atoms with Gasteiger partial charge in [0.2, 0.25) is 10.0 Å². The molecule has 42 heavy (non-hydrogen) atoms. The van der Waals surface area contributed by atoms with Crippen LogP contribution in [0.4, 0.5) is 16.2 Å². The summed E-state index contributed by atoms with van der Waals surface area (Å²) in [5, 5.41) is 11.1. The van der Waals surface area contributed by atoms with Gasteiger partial charge in [0.1, 0.15) is 6.61 Å². The summed E-state index contributed by atoms with van der Waals surface area (Å²) < 4.78 is 40.2. The Morgan fingerprint density at radius 2 is 1.71 bits per heavy atom. The molecular formula is C30H27N3O8S. The normalized spacial score (nSPS) is 22.9. The molecule has 0 unspecified atom stereocenters. The van der Waals surface area contributed by atoms with Crippen LogP contribution in [0, 0.1) is 10.1 Å². The van der Waals surface area contributed by atoms with Crippen LogP contribution < -0.4 is 4.90 Å². The maximum Gasteiger partial charge on any atom is 0.414 e. The molecule has 1 spiro atoms. The number of nitro benzene ring substituents is 1. The lowest BCUT2D eigenvalue weighted by Crippen LogP contribution is -2.52. The Balaban J connectivity index is 1.43. The highest BCUT2D eigenvalue weighted by Crippen LogP contribution is 2.57. The number of benzene rings is 3. The minimum Gasteiger partial charge on any atom is -0.458 e. The van der Waals surface area contributed by atoms with Gasteiger partial charge in [0.05, 0.1) is 34.2 Å². The molecule has 3 atom stereocenters. The van der Waals surface area contributed by atoms with Crippen molar-refractivity contribution in [3.05, 3.63) is 112 Å². The molecule has 3 aliphatic heterocycles. The standard InChI is InChI=1S/C30H27N3O8S/c1-40-29(35)32-26-10-6-5-9-25(26)30-15-16-31(42(38,39)24-13-11-22(12-14-24)33(36)37)23(18-27(30)32)17-21(30)19-41-28(34)20-7-3-2-4-8-20/h2-14,17,23,27H,15-16,18-19H2,1H3/t23-,27+,30+/m0/s1. The summed E-state index contributed by atoms with van der Waals surface area (Å²) in [7, 11) is -2.79. The van der Waals surface area contributed by atoms with E-state index in [0.29, 0.717) is 23.2 Å². The smallest absolute Gasteiger partial charge is 0.414 e. The van der Waals surface area contributed by atoms with Gasteiger partial charge < -0.3 is 9.47 Å². The Morgan fingerprint density at radius 3 is 2.40 bits per heavy atom. The van der Waals surface area contributed by atoms with Gasteiger partial charge in [-0.3, -0.25) is 15.0 Å². The third kappa shape index (κ3) is 4.25. The van der Waals surface area contributed by atoms with Gasteiger partial charge in [-0.2, -0.15) is 4.31 Å². The molecule has 11 nitrogen and oxygen atoms in total. The van der Waals surface area contributed by atoms with Gasteiger partial charge in [0, 0.05) is 30.1 Å². The molecule has 3 heterocycles. The van der Waals surface area contributed by atoms with Crippen molar-refractivity contribution in [3.8, 4) is 0 Å². The molecule has 2 bridgehead atoms. The molecule has 3 aromatic carbocycles. The largest absolute Gasteiger partial charge is 0.458 e. The predicted molar refractivity (Wildman–Crippen MR) is 152 cm³/mol. The van der Waals surface area contributed by atoms with Crippen LogP contribution in [0.25, 0.3) is 0 Å². The zero-order valence-corrected chi connectivity index (χ0v) is 23.4. The zero-order chi connectivity index (χ0) is 29.6. The van der Waals surface area contributed by atoms with E-state index < -0.39 is 44.5 Å². The van der Waals surface area contributed by atoms with Crippen molar-refractivity contribution in [3.63, 3.8) is 0 Å². The van der Waals surface area contributed by atoms with Crippen LogP contribution in [-0.4, -0.2) is 62.1 Å². The Kier molecular flexibility index (Phi) is 6.82. The van der Waals surface area contributed by atoms with Crippen LogP contribution >= 0.6 is 0 Å². The van der Waals surface area contributed by atoms with Crippen LogP contribution in [0.5, 0.6) is 0 Å². The predicted octanol–water partition coefficient (Wildman–Crippen LogP) is 4.44. The van der Waals surface area contributed by atoms with E-state index in [0.717, 1.165) is 17.7 Å². The number of carbonyl (C=O) groups excluding carboxylic acids is 2. The highest BCUT2D eigenvalue weighted by atomic mass is 32.2. The van der Waals surface area contributed by atoms with Crippen LogP contribution in [0.15, 0.2) is 95.4 Å². The fraction of sp³-hybridized carbons (Fsp3) is 0.267. The van der Waals surface area contributed by atoms with Gasteiger partial charge in [-0.1, -0.05) is 42.5 Å². The summed E-state index contributed by atoms with van der Waals surface area (Å²) in [5.74, 6) is -0.518. The highest BCUT2D eigenvalue weighted by molar-refractivity contribution is 7.89. The maximum absolute atomic E-state index is 13.9. The molecule has 1 aliphatic carbocycles. The number of non-ortho nitro benzene ring substituents is 1. The third-order valence-electron chi connectivity index (χ3n) is 8.45. The summed E-state index contributed by atoms with van der Waals surface area (Å²) in [4.78, 5) is 38.2. The Morgan fingerprint density at radius 1 is 1.02 bits per heavy atom. The summed E-state index contributed by atoms with van der Waals surface area (Å²) in [6, 6.07) is 19.6. The van der Waals surface area contributed by atoms with Crippen LogP contribution in [0.3, 0.4) is 0 Å². The van der Waals surface area contributed by atoms with Gasteiger partial charge in [-0.25, -0.2) is 18.0 Å². The van der Waals surface area contributed by atoms with E-state index >= 15 is 0 Å². The van der Waals surface area contributed by atoms with E-state index in [4.69, 9.17) is 9.47 Å². The van der Waals surface area contributed by atoms with Gasteiger partial charge in [-0.15, -0.1) is 0 Å². The number of methoxy groups -OCH3 is 1. The number of hydrogen-bond donors (Lipinski definition) is 0. The molecule has 7 rings (SSSR count). The van der Waals surface area contributed by atoms with Crippen molar-refractivity contribution < 1.29 is 32.4 Å². The Hall–Kier alpha value is -4.55. The van der Waals surface area contributed by atoms with E-state index in [1.165, 1.54) is 23.5 Å². The van der Waals surface area contributed by atoms with Crippen LogP contribution in [0.1, 0.15) is 28.8 Å². The Bertz CT molecular complexity index is 1710. The lowest BCUT2D eigenvalue weighted by atomic mass is 9.65. The number of hydrogen-bond acceptors (Lipinski definition) is 8. The molecule has 3 aromatic rings. The molecule has 0 radical (unpaired) electrons. The molecular weight excluding hydrogens is 562 g/mol. The second-order valence-electron chi connectivity index (χ2n) is 10.4. The number of sulfonamides is 1. The summed E-state index contributed by atoms with van der Waals surface area (Å²) in [5.41, 5.74) is 1.53. The van der Waals surface area contributed by atoms with E-state index in [9.17, 15) is 28.1 Å². The van der Waals surface area contributed by atoms with Crippen molar-refractivity contribution in [2.45, 2.75) is 35.2 Å². The molecule has 216 valence electrons. The molecule has 1 amide bonds. The first-order valence-electron chi connectivity index (χ1n) is 13.3. The molecule has 1 fully saturated rings. The summed E-state index contributed by atoms with van der Waals surface area (Å²) in [6.07, 6.45) is 1.84.